The molecule has 0 amide bonds. The maximum atomic E-state index is 9.22. The van der Waals surface area contributed by atoms with E-state index in [2.05, 4.69) is 13.8 Å². The van der Waals surface area contributed by atoms with E-state index in [9.17, 15) is 5.11 Å². The first kappa shape index (κ1) is 16.0. The van der Waals surface area contributed by atoms with Gasteiger partial charge in [-0.1, -0.05) is 51.2 Å². The van der Waals surface area contributed by atoms with Crippen LogP contribution in [0, 0.1) is 0 Å². The predicted octanol–water partition coefficient (Wildman–Crippen LogP) is 4.70. The van der Waals surface area contributed by atoms with E-state index < -0.39 is 0 Å². The molecule has 0 bridgehead atoms. The molecule has 1 aromatic carbocycles. The van der Waals surface area contributed by atoms with Gasteiger partial charge in [-0.05, 0) is 37.5 Å². The van der Waals surface area contributed by atoms with Crippen LogP contribution in [-0.4, -0.2) is 17.8 Å². The molecule has 0 spiro atoms. The quantitative estimate of drug-likeness (QED) is 0.621. The fourth-order valence-electron chi connectivity index (χ4n) is 2.19. The van der Waals surface area contributed by atoms with Crippen LogP contribution >= 0.6 is 0 Å². The van der Waals surface area contributed by atoms with Crippen molar-refractivity contribution >= 4 is 0 Å². The minimum atomic E-state index is 0.250. The summed E-state index contributed by atoms with van der Waals surface area (Å²) in [5.41, 5.74) is 1.22. The molecule has 0 aliphatic carbocycles. The molecule has 1 N–H and O–H groups in total. The Morgan fingerprint density at radius 3 is 2.32 bits per heavy atom. The van der Waals surface area contributed by atoms with Crippen molar-refractivity contribution in [2.75, 3.05) is 6.61 Å². The maximum Gasteiger partial charge on any atom is 0.115 e. The Hall–Kier alpha value is -1.02. The van der Waals surface area contributed by atoms with E-state index in [1.54, 1.807) is 12.1 Å². The van der Waals surface area contributed by atoms with Crippen LogP contribution in [0.1, 0.15) is 57.9 Å². The minimum absolute atomic E-state index is 0.250. The number of phenolic OH excluding ortho intramolecular Hbond substituents is 1. The lowest BCUT2D eigenvalue weighted by atomic mass is 10.1. The number of hydrogen-bond donors (Lipinski definition) is 1. The highest BCUT2D eigenvalue weighted by Crippen LogP contribution is 2.12. The van der Waals surface area contributed by atoms with Crippen LogP contribution < -0.4 is 0 Å². The van der Waals surface area contributed by atoms with Gasteiger partial charge >= 0.3 is 0 Å². The van der Waals surface area contributed by atoms with Crippen LogP contribution in [-0.2, 0) is 11.2 Å². The molecule has 0 aliphatic heterocycles. The molecule has 108 valence electrons. The molecule has 0 aliphatic rings. The van der Waals surface area contributed by atoms with Crippen molar-refractivity contribution in [2.24, 2.45) is 0 Å². The zero-order valence-electron chi connectivity index (χ0n) is 12.4. The molecule has 0 aromatic heterocycles. The highest BCUT2D eigenvalue weighted by molar-refractivity contribution is 5.26. The Kier molecular flexibility index (Phi) is 8.31. The lowest BCUT2D eigenvalue weighted by Gasteiger charge is -2.13. The van der Waals surface area contributed by atoms with Crippen LogP contribution in [0.2, 0.25) is 0 Å². The smallest absolute Gasteiger partial charge is 0.115 e. The molecule has 19 heavy (non-hydrogen) atoms. The molecule has 0 heterocycles. The highest BCUT2D eigenvalue weighted by Gasteiger charge is 2.03. The molecular weight excluding hydrogens is 236 g/mol. The van der Waals surface area contributed by atoms with Gasteiger partial charge in [0.2, 0.25) is 0 Å². The van der Waals surface area contributed by atoms with Crippen molar-refractivity contribution in [1.82, 2.24) is 0 Å². The first-order valence-electron chi connectivity index (χ1n) is 7.62. The van der Waals surface area contributed by atoms with E-state index in [1.807, 2.05) is 12.1 Å². The third kappa shape index (κ3) is 7.89. The zero-order chi connectivity index (χ0) is 13.9. The highest BCUT2D eigenvalue weighted by atomic mass is 16.5. The molecule has 2 nitrogen and oxygen atoms in total. The lowest BCUT2D eigenvalue weighted by molar-refractivity contribution is 0.0634. The Morgan fingerprint density at radius 2 is 1.63 bits per heavy atom. The van der Waals surface area contributed by atoms with Gasteiger partial charge in [0.1, 0.15) is 5.75 Å². The molecule has 0 saturated carbocycles. The Bertz CT molecular complexity index is 319. The number of unbranched alkanes of at least 4 members (excludes halogenated alkanes) is 5. The zero-order valence-corrected chi connectivity index (χ0v) is 12.4. The van der Waals surface area contributed by atoms with Crippen LogP contribution in [0.3, 0.4) is 0 Å². The van der Waals surface area contributed by atoms with Crippen molar-refractivity contribution in [3.63, 3.8) is 0 Å². The third-order valence-corrected chi connectivity index (χ3v) is 3.36. The summed E-state index contributed by atoms with van der Waals surface area (Å²) in [5.74, 6) is 0.324. The standard InChI is InChI=1S/C17H28O2/c1-3-4-5-6-7-8-13-19-15(2)14-16-9-11-17(18)12-10-16/h9-12,15,18H,3-8,13-14H2,1-2H3. The summed E-state index contributed by atoms with van der Waals surface area (Å²) in [4.78, 5) is 0. The van der Waals surface area contributed by atoms with Gasteiger partial charge in [0, 0.05) is 6.61 Å². The van der Waals surface area contributed by atoms with E-state index in [0.717, 1.165) is 13.0 Å². The molecule has 0 radical (unpaired) electrons. The predicted molar refractivity (Wildman–Crippen MR) is 80.6 cm³/mol. The normalized spacial score (nSPS) is 12.5. The molecule has 1 unspecified atom stereocenters. The van der Waals surface area contributed by atoms with E-state index in [0.29, 0.717) is 5.75 Å². The largest absolute Gasteiger partial charge is 0.508 e. The van der Waals surface area contributed by atoms with Gasteiger partial charge in [-0.15, -0.1) is 0 Å². The van der Waals surface area contributed by atoms with Gasteiger partial charge in [-0.2, -0.15) is 0 Å². The van der Waals surface area contributed by atoms with E-state index >= 15 is 0 Å². The summed E-state index contributed by atoms with van der Waals surface area (Å²) < 4.78 is 5.82. The number of benzene rings is 1. The maximum absolute atomic E-state index is 9.22. The molecule has 1 atom stereocenters. The SMILES string of the molecule is CCCCCCCCOC(C)Cc1ccc(O)cc1. The fraction of sp³-hybridized carbons (Fsp3) is 0.647. The van der Waals surface area contributed by atoms with E-state index in [4.69, 9.17) is 4.74 Å². The summed E-state index contributed by atoms with van der Waals surface area (Å²) in [7, 11) is 0. The van der Waals surface area contributed by atoms with E-state index in [1.165, 1.54) is 44.1 Å². The molecule has 0 saturated heterocycles. The van der Waals surface area contributed by atoms with E-state index in [-0.39, 0.29) is 6.10 Å². The van der Waals surface area contributed by atoms with Gasteiger partial charge in [0.15, 0.2) is 0 Å². The third-order valence-electron chi connectivity index (χ3n) is 3.36. The van der Waals surface area contributed by atoms with Crippen LogP contribution in [0.15, 0.2) is 24.3 Å². The second-order valence-corrected chi connectivity index (χ2v) is 5.32. The second-order valence-electron chi connectivity index (χ2n) is 5.32. The Labute approximate surface area is 117 Å². The number of rotatable bonds is 10. The molecule has 1 rings (SSSR count). The summed E-state index contributed by atoms with van der Waals surface area (Å²) in [6.07, 6.45) is 8.98. The molecule has 0 fully saturated rings. The van der Waals surface area contributed by atoms with Crippen molar-refractivity contribution < 1.29 is 9.84 Å². The van der Waals surface area contributed by atoms with Gasteiger partial charge < -0.3 is 9.84 Å². The van der Waals surface area contributed by atoms with Gasteiger partial charge in [0.25, 0.3) is 0 Å². The second kappa shape index (κ2) is 9.85. The van der Waals surface area contributed by atoms with Crippen molar-refractivity contribution in [3.05, 3.63) is 29.8 Å². The number of ether oxygens (including phenoxy) is 1. The van der Waals surface area contributed by atoms with Crippen LogP contribution in [0.25, 0.3) is 0 Å². The summed E-state index contributed by atoms with van der Waals surface area (Å²) in [6.45, 7) is 5.23. The first-order chi connectivity index (χ1) is 9.22. The van der Waals surface area contributed by atoms with Crippen molar-refractivity contribution in [1.29, 1.82) is 0 Å². The molecule has 2 heteroatoms. The Balaban J connectivity index is 2.04. The summed E-state index contributed by atoms with van der Waals surface area (Å²) in [5, 5.41) is 9.22. The minimum Gasteiger partial charge on any atom is -0.508 e. The first-order valence-corrected chi connectivity index (χ1v) is 7.62. The van der Waals surface area contributed by atoms with Crippen molar-refractivity contribution in [2.45, 2.75) is 64.9 Å². The molecular formula is C17H28O2. The fourth-order valence-corrected chi connectivity index (χ4v) is 2.19. The number of hydrogen-bond acceptors (Lipinski definition) is 2. The average molecular weight is 264 g/mol. The Morgan fingerprint density at radius 1 is 1.00 bits per heavy atom. The average Bonchev–Trinajstić information content (AvgIpc) is 2.40. The topological polar surface area (TPSA) is 29.5 Å². The van der Waals surface area contributed by atoms with Crippen LogP contribution in [0.4, 0.5) is 0 Å². The summed E-state index contributed by atoms with van der Waals surface area (Å²) >= 11 is 0. The number of aromatic hydroxyl groups is 1. The van der Waals surface area contributed by atoms with Crippen LogP contribution in [0.5, 0.6) is 5.75 Å². The molecule has 1 aromatic rings. The van der Waals surface area contributed by atoms with Gasteiger partial charge in [0.05, 0.1) is 6.10 Å². The van der Waals surface area contributed by atoms with Crippen molar-refractivity contribution in [3.8, 4) is 5.75 Å². The lowest BCUT2D eigenvalue weighted by Crippen LogP contribution is -2.12. The monoisotopic (exact) mass is 264 g/mol. The van der Waals surface area contributed by atoms with Gasteiger partial charge in [-0.25, -0.2) is 0 Å². The number of phenols is 1. The van der Waals surface area contributed by atoms with Gasteiger partial charge in [-0.3, -0.25) is 0 Å². The summed E-state index contributed by atoms with van der Waals surface area (Å²) in [6, 6.07) is 7.38.